The minimum absolute atomic E-state index is 0.180. The fraction of sp³-hybridized carbons (Fsp3) is 0.600. The topological polar surface area (TPSA) is 45.7 Å². The molecule has 3 rings (SSSR count). The number of carbonyl (C=O) groups excluding carboxylic acids is 1. The number of amides is 1. The third kappa shape index (κ3) is 2.93. The van der Waals surface area contributed by atoms with Gasteiger partial charge in [0.2, 0.25) is 0 Å². The van der Waals surface area contributed by atoms with Crippen LogP contribution in [0.3, 0.4) is 0 Å². The Morgan fingerprint density at radius 2 is 1.90 bits per heavy atom. The zero-order valence-electron chi connectivity index (χ0n) is 11.7. The van der Waals surface area contributed by atoms with Crippen LogP contribution in [0.1, 0.15) is 19.3 Å². The number of hydrogen-bond donors (Lipinski definition) is 0. The summed E-state index contributed by atoms with van der Waals surface area (Å²) in [7, 11) is 0. The average molecular weight is 275 g/mol. The van der Waals surface area contributed by atoms with Gasteiger partial charge >= 0.3 is 0 Å². The molecule has 20 heavy (non-hydrogen) atoms. The SMILES string of the molecule is O=C([C@H]1CCCCO1)N1CCN(c2ccncc2)CC1. The molecule has 0 saturated carbocycles. The molecule has 0 bridgehead atoms. The molecule has 0 aliphatic carbocycles. The Kier molecular flexibility index (Phi) is 4.16. The maximum absolute atomic E-state index is 12.4. The molecule has 5 nitrogen and oxygen atoms in total. The van der Waals surface area contributed by atoms with Crippen LogP contribution in [0.2, 0.25) is 0 Å². The van der Waals surface area contributed by atoms with Crippen LogP contribution in [0.4, 0.5) is 5.69 Å². The molecule has 1 aromatic heterocycles. The van der Waals surface area contributed by atoms with Crippen LogP contribution in [0.5, 0.6) is 0 Å². The highest BCUT2D eigenvalue weighted by atomic mass is 16.5. The molecule has 0 radical (unpaired) electrons. The van der Waals surface area contributed by atoms with Crippen LogP contribution in [-0.4, -0.2) is 54.7 Å². The van der Waals surface area contributed by atoms with Gasteiger partial charge < -0.3 is 14.5 Å². The number of hydrogen-bond acceptors (Lipinski definition) is 4. The van der Waals surface area contributed by atoms with E-state index in [1.807, 2.05) is 29.4 Å². The van der Waals surface area contributed by atoms with Crippen molar-refractivity contribution in [3.05, 3.63) is 24.5 Å². The summed E-state index contributed by atoms with van der Waals surface area (Å²) in [4.78, 5) is 20.7. The highest BCUT2D eigenvalue weighted by Gasteiger charge is 2.29. The highest BCUT2D eigenvalue weighted by molar-refractivity contribution is 5.81. The number of anilines is 1. The lowest BCUT2D eigenvalue weighted by Gasteiger charge is -2.38. The van der Waals surface area contributed by atoms with E-state index in [0.717, 1.165) is 52.0 Å². The van der Waals surface area contributed by atoms with Gasteiger partial charge in [-0.15, -0.1) is 0 Å². The summed E-state index contributed by atoms with van der Waals surface area (Å²) in [6.45, 7) is 4.04. The Balaban J connectivity index is 1.54. The summed E-state index contributed by atoms with van der Waals surface area (Å²) >= 11 is 0. The Morgan fingerprint density at radius 3 is 2.55 bits per heavy atom. The van der Waals surface area contributed by atoms with Crippen molar-refractivity contribution in [2.45, 2.75) is 25.4 Å². The molecule has 2 saturated heterocycles. The Labute approximate surface area is 119 Å². The van der Waals surface area contributed by atoms with E-state index in [0.29, 0.717) is 0 Å². The van der Waals surface area contributed by atoms with Crippen molar-refractivity contribution in [1.82, 2.24) is 9.88 Å². The van der Waals surface area contributed by atoms with Crippen molar-refractivity contribution in [3.8, 4) is 0 Å². The fourth-order valence-corrected chi connectivity index (χ4v) is 2.88. The highest BCUT2D eigenvalue weighted by Crippen LogP contribution is 2.18. The zero-order valence-corrected chi connectivity index (χ0v) is 11.7. The van der Waals surface area contributed by atoms with Crippen molar-refractivity contribution in [3.63, 3.8) is 0 Å². The van der Waals surface area contributed by atoms with E-state index < -0.39 is 0 Å². The van der Waals surface area contributed by atoms with E-state index in [4.69, 9.17) is 4.74 Å². The lowest BCUT2D eigenvalue weighted by Crippen LogP contribution is -2.52. The summed E-state index contributed by atoms with van der Waals surface area (Å²) in [6.07, 6.45) is 6.48. The number of piperazine rings is 1. The molecule has 1 amide bonds. The van der Waals surface area contributed by atoms with Gasteiger partial charge in [0.1, 0.15) is 6.10 Å². The molecule has 5 heteroatoms. The number of aromatic nitrogens is 1. The third-order valence-corrected chi connectivity index (χ3v) is 4.07. The van der Waals surface area contributed by atoms with E-state index in [2.05, 4.69) is 9.88 Å². The molecule has 3 heterocycles. The first kappa shape index (κ1) is 13.4. The van der Waals surface area contributed by atoms with Crippen molar-refractivity contribution in [1.29, 1.82) is 0 Å². The van der Waals surface area contributed by atoms with Crippen molar-refractivity contribution in [2.24, 2.45) is 0 Å². The number of ether oxygens (including phenoxy) is 1. The summed E-state index contributed by atoms with van der Waals surface area (Å²) in [6, 6.07) is 4.03. The largest absolute Gasteiger partial charge is 0.368 e. The number of carbonyl (C=O) groups is 1. The predicted molar refractivity (Wildman–Crippen MR) is 76.6 cm³/mol. The quantitative estimate of drug-likeness (QED) is 0.816. The molecule has 1 atom stereocenters. The van der Waals surface area contributed by atoms with Gasteiger partial charge in [-0.2, -0.15) is 0 Å². The van der Waals surface area contributed by atoms with Crippen LogP contribution < -0.4 is 4.90 Å². The summed E-state index contributed by atoms with van der Waals surface area (Å²) in [5.41, 5.74) is 1.18. The normalized spacial score (nSPS) is 23.7. The van der Waals surface area contributed by atoms with E-state index in [9.17, 15) is 4.79 Å². The molecule has 0 unspecified atom stereocenters. The Hall–Kier alpha value is -1.62. The van der Waals surface area contributed by atoms with Crippen LogP contribution in [0.15, 0.2) is 24.5 Å². The van der Waals surface area contributed by atoms with Crippen LogP contribution in [-0.2, 0) is 9.53 Å². The van der Waals surface area contributed by atoms with Gasteiger partial charge in [0.05, 0.1) is 0 Å². The standard InChI is InChI=1S/C15H21N3O2/c19-15(14-3-1-2-12-20-14)18-10-8-17(9-11-18)13-4-6-16-7-5-13/h4-7,14H,1-3,8-12H2/t14-/m1/s1. The van der Waals surface area contributed by atoms with Gasteiger partial charge in [0, 0.05) is 50.9 Å². The molecule has 0 spiro atoms. The van der Waals surface area contributed by atoms with E-state index in [-0.39, 0.29) is 12.0 Å². The molecule has 0 aromatic carbocycles. The van der Waals surface area contributed by atoms with Gasteiger partial charge in [-0.1, -0.05) is 0 Å². The predicted octanol–water partition coefficient (Wildman–Crippen LogP) is 1.30. The van der Waals surface area contributed by atoms with E-state index in [1.165, 1.54) is 5.69 Å². The molecule has 2 aliphatic rings. The minimum atomic E-state index is -0.198. The molecule has 1 aromatic rings. The second kappa shape index (κ2) is 6.22. The lowest BCUT2D eigenvalue weighted by atomic mass is 10.1. The van der Waals surface area contributed by atoms with Gasteiger partial charge in [-0.05, 0) is 31.4 Å². The first-order valence-corrected chi connectivity index (χ1v) is 7.40. The molecular formula is C15H21N3O2. The molecule has 2 aliphatic heterocycles. The second-order valence-corrected chi connectivity index (χ2v) is 5.37. The van der Waals surface area contributed by atoms with Crippen LogP contribution in [0.25, 0.3) is 0 Å². The fourth-order valence-electron chi connectivity index (χ4n) is 2.88. The molecule has 108 valence electrons. The number of rotatable bonds is 2. The van der Waals surface area contributed by atoms with Gasteiger partial charge in [0.15, 0.2) is 0 Å². The zero-order chi connectivity index (χ0) is 13.8. The smallest absolute Gasteiger partial charge is 0.251 e. The third-order valence-electron chi connectivity index (χ3n) is 4.07. The summed E-state index contributed by atoms with van der Waals surface area (Å²) in [5.74, 6) is 0.180. The molecular weight excluding hydrogens is 254 g/mol. The van der Waals surface area contributed by atoms with Gasteiger partial charge in [-0.25, -0.2) is 0 Å². The molecule has 2 fully saturated rings. The number of nitrogens with zero attached hydrogens (tertiary/aromatic N) is 3. The minimum Gasteiger partial charge on any atom is -0.368 e. The van der Waals surface area contributed by atoms with Crippen molar-refractivity contribution >= 4 is 11.6 Å². The second-order valence-electron chi connectivity index (χ2n) is 5.37. The Bertz CT molecular complexity index is 438. The van der Waals surface area contributed by atoms with E-state index in [1.54, 1.807) is 0 Å². The van der Waals surface area contributed by atoms with Crippen molar-refractivity contribution < 1.29 is 9.53 Å². The first-order valence-electron chi connectivity index (χ1n) is 7.40. The van der Waals surface area contributed by atoms with Crippen molar-refractivity contribution in [2.75, 3.05) is 37.7 Å². The summed E-state index contributed by atoms with van der Waals surface area (Å²) < 4.78 is 5.59. The maximum atomic E-state index is 12.4. The maximum Gasteiger partial charge on any atom is 0.251 e. The van der Waals surface area contributed by atoms with Gasteiger partial charge in [0.25, 0.3) is 5.91 Å². The lowest BCUT2D eigenvalue weighted by molar-refractivity contribution is -0.146. The Morgan fingerprint density at radius 1 is 1.15 bits per heavy atom. The first-order chi connectivity index (χ1) is 9.84. The van der Waals surface area contributed by atoms with Crippen LogP contribution >= 0.6 is 0 Å². The average Bonchev–Trinajstić information content (AvgIpc) is 2.56. The van der Waals surface area contributed by atoms with Gasteiger partial charge in [-0.3, -0.25) is 9.78 Å². The van der Waals surface area contributed by atoms with Crippen LogP contribution in [0, 0.1) is 0 Å². The van der Waals surface area contributed by atoms with E-state index >= 15 is 0 Å². The monoisotopic (exact) mass is 275 g/mol. The summed E-state index contributed by atoms with van der Waals surface area (Å²) in [5, 5.41) is 0. The molecule has 0 N–H and O–H groups in total. The number of pyridine rings is 1.